The third kappa shape index (κ3) is 5.47. The number of fused-ring (bicyclic) bond motifs is 4. The molecule has 0 saturated heterocycles. The molecule has 0 radical (unpaired) electrons. The molecule has 8 aromatic rings. The highest BCUT2D eigenvalue weighted by molar-refractivity contribution is 6.15. The molecule has 0 atom stereocenters. The number of para-hydroxylation sites is 1. The molecule has 0 spiro atoms. The van der Waals surface area contributed by atoms with Gasteiger partial charge in [-0.05, 0) is 56.8 Å². The van der Waals surface area contributed by atoms with E-state index in [1.807, 2.05) is 78.9 Å². The summed E-state index contributed by atoms with van der Waals surface area (Å²) in [6.07, 6.45) is 0. The molecule has 7 aromatic carbocycles. The van der Waals surface area contributed by atoms with E-state index in [0.29, 0.717) is 18.2 Å². The summed E-state index contributed by atoms with van der Waals surface area (Å²) in [5.41, 5.74) is 15.8. The van der Waals surface area contributed by atoms with E-state index >= 15 is 0 Å². The van der Waals surface area contributed by atoms with Gasteiger partial charge < -0.3 is 10.2 Å². The van der Waals surface area contributed by atoms with Gasteiger partial charge in [0.1, 0.15) is 17.0 Å². The fourth-order valence-electron chi connectivity index (χ4n) is 6.35. The van der Waals surface area contributed by atoms with Gasteiger partial charge in [0.2, 0.25) is 0 Å². The van der Waals surface area contributed by atoms with E-state index in [1.165, 1.54) is 0 Å². The Balaban J connectivity index is 1.24. The highest BCUT2D eigenvalue weighted by atomic mass is 16.3. The number of benzene rings is 7. The number of aliphatic imine (C=N–C) groups is 2. The molecule has 0 aliphatic rings. The first kappa shape index (κ1) is 28.2. The smallest absolute Gasteiger partial charge is 0.157 e. The maximum absolute atomic E-state index is 6.56. The van der Waals surface area contributed by atoms with Gasteiger partial charge in [-0.1, -0.05) is 146 Å². The van der Waals surface area contributed by atoms with Gasteiger partial charge in [0.05, 0.1) is 6.54 Å². The van der Waals surface area contributed by atoms with E-state index in [4.69, 9.17) is 20.1 Å². The number of amidine groups is 2. The van der Waals surface area contributed by atoms with E-state index in [9.17, 15) is 0 Å². The standard InChI is InChI=1S/C43H31N3O/c44-42(30-15-5-2-6-16-30)46-43(32-18-9-17-31(27-32)29-13-3-1-4-14-29)45-28-33-19-10-22-35-34(33)21-11-23-36(35)37-24-12-26-40-41(37)38-20-7-8-25-39(38)47-40/h1-27H,28H2,(H2,44,45,46). The van der Waals surface area contributed by atoms with Gasteiger partial charge in [-0.15, -0.1) is 0 Å². The minimum atomic E-state index is 0.426. The number of furan rings is 1. The Kier molecular flexibility index (Phi) is 7.37. The summed E-state index contributed by atoms with van der Waals surface area (Å²) >= 11 is 0. The van der Waals surface area contributed by atoms with Crippen molar-refractivity contribution in [3.05, 3.63) is 180 Å². The largest absolute Gasteiger partial charge is 0.456 e. The minimum Gasteiger partial charge on any atom is -0.456 e. The molecule has 4 heteroatoms. The van der Waals surface area contributed by atoms with Gasteiger partial charge in [-0.3, -0.25) is 4.99 Å². The van der Waals surface area contributed by atoms with E-state index in [1.54, 1.807) is 0 Å². The van der Waals surface area contributed by atoms with Crippen molar-refractivity contribution in [3.63, 3.8) is 0 Å². The Labute approximate surface area is 273 Å². The number of rotatable bonds is 6. The van der Waals surface area contributed by atoms with Gasteiger partial charge in [0, 0.05) is 21.9 Å². The van der Waals surface area contributed by atoms with Crippen LogP contribution in [0.15, 0.2) is 178 Å². The first-order valence-corrected chi connectivity index (χ1v) is 15.7. The lowest BCUT2D eigenvalue weighted by molar-refractivity contribution is 0.669. The van der Waals surface area contributed by atoms with Crippen molar-refractivity contribution in [3.8, 4) is 22.3 Å². The summed E-state index contributed by atoms with van der Waals surface area (Å²) in [6, 6.07) is 56.0. The van der Waals surface area contributed by atoms with Crippen LogP contribution in [0.2, 0.25) is 0 Å². The summed E-state index contributed by atoms with van der Waals surface area (Å²) < 4.78 is 6.22. The zero-order valence-electron chi connectivity index (χ0n) is 25.7. The Hall–Kier alpha value is -6.26. The lowest BCUT2D eigenvalue weighted by Gasteiger charge is -2.12. The van der Waals surface area contributed by atoms with Crippen LogP contribution in [0.1, 0.15) is 16.7 Å². The van der Waals surface area contributed by atoms with E-state index in [-0.39, 0.29) is 0 Å². The zero-order valence-corrected chi connectivity index (χ0v) is 25.7. The van der Waals surface area contributed by atoms with Crippen molar-refractivity contribution < 1.29 is 4.42 Å². The molecule has 0 aliphatic carbocycles. The van der Waals surface area contributed by atoms with Crippen molar-refractivity contribution in [2.45, 2.75) is 6.54 Å². The Morgan fingerprint density at radius 1 is 0.511 bits per heavy atom. The van der Waals surface area contributed by atoms with Gasteiger partial charge >= 0.3 is 0 Å². The quantitative estimate of drug-likeness (QED) is 0.151. The van der Waals surface area contributed by atoms with Crippen LogP contribution in [0.3, 0.4) is 0 Å². The van der Waals surface area contributed by atoms with Crippen molar-refractivity contribution >= 4 is 44.4 Å². The van der Waals surface area contributed by atoms with Crippen molar-refractivity contribution in [2.24, 2.45) is 15.7 Å². The van der Waals surface area contributed by atoms with E-state index in [2.05, 4.69) is 84.9 Å². The second-order valence-electron chi connectivity index (χ2n) is 11.5. The summed E-state index contributed by atoms with van der Waals surface area (Å²) in [4.78, 5) is 10.0. The van der Waals surface area contributed by atoms with E-state index < -0.39 is 0 Å². The Morgan fingerprint density at radius 2 is 1.13 bits per heavy atom. The van der Waals surface area contributed by atoms with Crippen LogP contribution in [-0.2, 0) is 6.54 Å². The molecular weight excluding hydrogens is 574 g/mol. The van der Waals surface area contributed by atoms with Gasteiger partial charge in [0.25, 0.3) is 0 Å². The fraction of sp³-hybridized carbons (Fsp3) is 0.0233. The van der Waals surface area contributed by atoms with Crippen LogP contribution in [-0.4, -0.2) is 11.7 Å². The normalized spacial score (nSPS) is 12.3. The number of hydrogen-bond donors (Lipinski definition) is 1. The first-order valence-electron chi connectivity index (χ1n) is 15.7. The molecule has 0 bridgehead atoms. The molecular formula is C43H31N3O. The lowest BCUT2D eigenvalue weighted by Crippen LogP contribution is -2.16. The summed E-state index contributed by atoms with van der Waals surface area (Å²) in [7, 11) is 0. The summed E-state index contributed by atoms with van der Waals surface area (Å²) in [6.45, 7) is 0.441. The molecule has 0 unspecified atom stereocenters. The third-order valence-electron chi connectivity index (χ3n) is 8.63. The first-order chi connectivity index (χ1) is 23.2. The molecule has 0 aliphatic heterocycles. The average molecular weight is 606 g/mol. The molecule has 4 nitrogen and oxygen atoms in total. The van der Waals surface area contributed by atoms with E-state index in [0.717, 1.165) is 71.7 Å². The molecule has 0 amide bonds. The predicted octanol–water partition coefficient (Wildman–Crippen LogP) is 10.4. The maximum atomic E-state index is 6.56. The van der Waals surface area contributed by atoms with Gasteiger partial charge in [-0.25, -0.2) is 4.99 Å². The molecule has 0 fully saturated rings. The molecule has 8 rings (SSSR count). The molecule has 224 valence electrons. The highest BCUT2D eigenvalue weighted by Crippen LogP contribution is 2.39. The summed E-state index contributed by atoms with van der Waals surface area (Å²) in [5.74, 6) is 1.02. The lowest BCUT2D eigenvalue weighted by atomic mass is 9.93. The van der Waals surface area contributed by atoms with Crippen molar-refractivity contribution in [1.29, 1.82) is 0 Å². The third-order valence-corrected chi connectivity index (χ3v) is 8.63. The predicted molar refractivity (Wildman–Crippen MR) is 196 cm³/mol. The molecule has 1 heterocycles. The van der Waals surface area contributed by atoms with Crippen LogP contribution < -0.4 is 5.73 Å². The zero-order chi connectivity index (χ0) is 31.6. The topological polar surface area (TPSA) is 63.9 Å². The number of hydrogen-bond acceptors (Lipinski definition) is 2. The van der Waals surface area contributed by atoms with Gasteiger partial charge in [0.15, 0.2) is 5.84 Å². The maximum Gasteiger partial charge on any atom is 0.157 e. The fourth-order valence-corrected chi connectivity index (χ4v) is 6.35. The van der Waals surface area contributed by atoms with Crippen LogP contribution in [0.4, 0.5) is 0 Å². The minimum absolute atomic E-state index is 0.426. The molecule has 2 N–H and O–H groups in total. The Bertz CT molecular complexity index is 2440. The Morgan fingerprint density at radius 3 is 2.00 bits per heavy atom. The van der Waals surface area contributed by atoms with Crippen LogP contribution in [0.5, 0.6) is 0 Å². The second kappa shape index (κ2) is 12.3. The number of nitrogens with zero attached hydrogens (tertiary/aromatic N) is 2. The number of nitrogens with two attached hydrogens (primary N) is 1. The molecule has 47 heavy (non-hydrogen) atoms. The summed E-state index contributed by atoms with van der Waals surface area (Å²) in [5, 5.41) is 4.56. The monoisotopic (exact) mass is 605 g/mol. The average Bonchev–Trinajstić information content (AvgIpc) is 3.53. The second-order valence-corrected chi connectivity index (χ2v) is 11.5. The molecule has 1 aromatic heterocycles. The van der Waals surface area contributed by atoms with Crippen molar-refractivity contribution in [2.75, 3.05) is 0 Å². The van der Waals surface area contributed by atoms with Crippen LogP contribution in [0.25, 0.3) is 55.0 Å². The van der Waals surface area contributed by atoms with Crippen LogP contribution in [0, 0.1) is 0 Å². The van der Waals surface area contributed by atoms with Crippen LogP contribution >= 0.6 is 0 Å². The molecule has 0 saturated carbocycles. The highest BCUT2D eigenvalue weighted by Gasteiger charge is 2.15. The van der Waals surface area contributed by atoms with Gasteiger partial charge in [-0.2, -0.15) is 0 Å². The SMILES string of the molecule is NC(=NC(=NCc1cccc2c(-c3cccc4oc5ccccc5c34)cccc12)c1cccc(-c2ccccc2)c1)c1ccccc1. The van der Waals surface area contributed by atoms with Crippen molar-refractivity contribution in [1.82, 2.24) is 0 Å².